The monoisotopic (exact) mass is 310 g/mol. The second-order valence-electron chi connectivity index (χ2n) is 6.00. The second kappa shape index (κ2) is 5.26. The standard InChI is InChI=1S/C15H22N2O3S/c1-10-8-12(16)15(9-11(10)2)21(18,19)17-6-7-20-14-5-3-4-13(14)17/h8-9,13-14H,3-7,16H2,1-2H3. The molecule has 6 heteroatoms. The maximum Gasteiger partial charge on any atom is 0.245 e. The van der Waals surface area contributed by atoms with Crippen LogP contribution in [0.25, 0.3) is 0 Å². The molecular formula is C15H22N2O3S. The van der Waals surface area contributed by atoms with Gasteiger partial charge in [-0.1, -0.05) is 0 Å². The number of hydrogen-bond acceptors (Lipinski definition) is 4. The largest absolute Gasteiger partial charge is 0.398 e. The lowest BCUT2D eigenvalue weighted by molar-refractivity contribution is -0.0241. The Morgan fingerprint density at radius 1 is 1.24 bits per heavy atom. The van der Waals surface area contributed by atoms with Crippen LogP contribution in [0.5, 0.6) is 0 Å². The summed E-state index contributed by atoms with van der Waals surface area (Å²) in [7, 11) is -3.56. The first-order valence-corrected chi connectivity index (χ1v) is 8.85. The third-order valence-corrected chi connectivity index (χ3v) is 6.62. The molecule has 2 aliphatic rings. The molecule has 0 aromatic heterocycles. The zero-order valence-corrected chi connectivity index (χ0v) is 13.3. The molecule has 0 amide bonds. The van der Waals surface area contributed by atoms with E-state index in [1.165, 1.54) is 0 Å². The maximum atomic E-state index is 13.0. The van der Waals surface area contributed by atoms with Gasteiger partial charge in [-0.15, -0.1) is 0 Å². The minimum absolute atomic E-state index is 0.0373. The van der Waals surface area contributed by atoms with Crippen LogP contribution in [0.3, 0.4) is 0 Å². The number of ether oxygens (including phenoxy) is 1. The van der Waals surface area contributed by atoms with Crippen LogP contribution in [0.15, 0.2) is 17.0 Å². The van der Waals surface area contributed by atoms with Gasteiger partial charge in [-0.25, -0.2) is 8.42 Å². The number of benzene rings is 1. The average molecular weight is 310 g/mol. The summed E-state index contributed by atoms with van der Waals surface area (Å²) in [6, 6.07) is 3.40. The molecular weight excluding hydrogens is 288 g/mol. The Kier molecular flexibility index (Phi) is 3.71. The molecule has 21 heavy (non-hydrogen) atoms. The van der Waals surface area contributed by atoms with Crippen molar-refractivity contribution < 1.29 is 13.2 Å². The van der Waals surface area contributed by atoms with Crippen molar-refractivity contribution in [3.63, 3.8) is 0 Å². The van der Waals surface area contributed by atoms with Crippen molar-refractivity contribution in [2.45, 2.75) is 50.2 Å². The number of rotatable bonds is 2. The van der Waals surface area contributed by atoms with E-state index >= 15 is 0 Å². The van der Waals surface area contributed by atoms with Crippen LogP contribution in [0, 0.1) is 13.8 Å². The highest BCUT2D eigenvalue weighted by Gasteiger charge is 2.42. The number of nitrogen functional groups attached to an aromatic ring is 1. The Bertz CT molecular complexity index is 657. The van der Waals surface area contributed by atoms with Gasteiger partial charge >= 0.3 is 0 Å². The van der Waals surface area contributed by atoms with Crippen molar-refractivity contribution in [2.24, 2.45) is 0 Å². The van der Waals surface area contributed by atoms with E-state index in [2.05, 4.69) is 0 Å². The fourth-order valence-corrected chi connectivity index (χ4v) is 5.20. The number of morpholine rings is 1. The Balaban J connectivity index is 2.02. The first-order valence-electron chi connectivity index (χ1n) is 7.41. The van der Waals surface area contributed by atoms with Gasteiger partial charge in [0, 0.05) is 6.54 Å². The van der Waals surface area contributed by atoms with E-state index in [1.807, 2.05) is 13.8 Å². The van der Waals surface area contributed by atoms with Crippen molar-refractivity contribution in [1.82, 2.24) is 4.31 Å². The molecule has 1 aromatic carbocycles. The van der Waals surface area contributed by atoms with E-state index in [-0.39, 0.29) is 17.0 Å². The molecule has 2 unspecified atom stereocenters. The fraction of sp³-hybridized carbons (Fsp3) is 0.600. The third kappa shape index (κ3) is 2.45. The molecule has 1 aliphatic carbocycles. The maximum absolute atomic E-state index is 13.0. The van der Waals surface area contributed by atoms with E-state index in [0.717, 1.165) is 30.4 Å². The van der Waals surface area contributed by atoms with Crippen LogP contribution >= 0.6 is 0 Å². The summed E-state index contributed by atoms with van der Waals surface area (Å²) in [5.74, 6) is 0. The number of aryl methyl sites for hydroxylation is 2. The first kappa shape index (κ1) is 14.8. The first-order chi connectivity index (χ1) is 9.91. The number of fused-ring (bicyclic) bond motifs is 1. The van der Waals surface area contributed by atoms with E-state index < -0.39 is 10.0 Å². The lowest BCUT2D eigenvalue weighted by Crippen LogP contribution is -2.51. The normalized spacial score (nSPS) is 26.8. The molecule has 1 saturated heterocycles. The van der Waals surface area contributed by atoms with E-state index in [0.29, 0.717) is 18.8 Å². The van der Waals surface area contributed by atoms with Crippen LogP contribution < -0.4 is 5.73 Å². The summed E-state index contributed by atoms with van der Waals surface area (Å²) in [5, 5.41) is 0. The topological polar surface area (TPSA) is 72.6 Å². The predicted octanol–water partition coefficient (Wildman–Crippen LogP) is 1.83. The Morgan fingerprint density at radius 3 is 2.71 bits per heavy atom. The van der Waals surface area contributed by atoms with Gasteiger partial charge in [0.15, 0.2) is 0 Å². The molecule has 1 aliphatic heterocycles. The molecule has 2 N–H and O–H groups in total. The van der Waals surface area contributed by atoms with E-state index in [1.54, 1.807) is 16.4 Å². The predicted molar refractivity (Wildman–Crippen MR) is 81.6 cm³/mol. The number of sulfonamides is 1. The zero-order valence-electron chi connectivity index (χ0n) is 12.5. The van der Waals surface area contributed by atoms with Gasteiger partial charge < -0.3 is 10.5 Å². The highest BCUT2D eigenvalue weighted by atomic mass is 32.2. The van der Waals surface area contributed by atoms with Crippen molar-refractivity contribution in [3.8, 4) is 0 Å². The summed E-state index contributed by atoms with van der Waals surface area (Å²) in [4.78, 5) is 0.234. The zero-order chi connectivity index (χ0) is 15.2. The summed E-state index contributed by atoms with van der Waals surface area (Å²) in [5.41, 5.74) is 8.27. The molecule has 0 spiro atoms. The Hall–Kier alpha value is -1.11. The van der Waals surface area contributed by atoms with Gasteiger partial charge in [0.2, 0.25) is 10.0 Å². The Morgan fingerprint density at radius 2 is 1.95 bits per heavy atom. The SMILES string of the molecule is Cc1cc(N)c(S(=O)(=O)N2CCOC3CCCC32)cc1C. The number of anilines is 1. The fourth-order valence-electron chi connectivity index (χ4n) is 3.35. The molecule has 5 nitrogen and oxygen atoms in total. The molecule has 0 radical (unpaired) electrons. The van der Waals surface area contributed by atoms with Crippen LogP contribution in [0.2, 0.25) is 0 Å². The molecule has 1 saturated carbocycles. The molecule has 116 valence electrons. The van der Waals surface area contributed by atoms with Gasteiger partial charge in [-0.2, -0.15) is 4.31 Å². The van der Waals surface area contributed by atoms with Gasteiger partial charge in [-0.3, -0.25) is 0 Å². The molecule has 0 bridgehead atoms. The number of hydrogen-bond donors (Lipinski definition) is 1. The summed E-state index contributed by atoms with van der Waals surface area (Å²) in [6.07, 6.45) is 2.87. The van der Waals surface area contributed by atoms with Crippen molar-refractivity contribution in [1.29, 1.82) is 0 Å². The van der Waals surface area contributed by atoms with Crippen LogP contribution in [-0.2, 0) is 14.8 Å². The van der Waals surface area contributed by atoms with Gasteiger partial charge in [0.1, 0.15) is 4.90 Å². The molecule has 2 fully saturated rings. The highest BCUT2D eigenvalue weighted by Crippen LogP contribution is 2.35. The van der Waals surface area contributed by atoms with E-state index in [9.17, 15) is 8.42 Å². The summed E-state index contributed by atoms with van der Waals surface area (Å²) in [6.45, 7) is 4.72. The van der Waals surface area contributed by atoms with Crippen LogP contribution in [0.4, 0.5) is 5.69 Å². The minimum atomic E-state index is -3.56. The number of nitrogens with two attached hydrogens (primary N) is 1. The summed E-state index contributed by atoms with van der Waals surface area (Å²) < 4.78 is 33.3. The molecule has 2 atom stereocenters. The lowest BCUT2D eigenvalue weighted by Gasteiger charge is -2.36. The third-order valence-electron chi connectivity index (χ3n) is 4.64. The highest BCUT2D eigenvalue weighted by molar-refractivity contribution is 7.89. The van der Waals surface area contributed by atoms with Crippen molar-refractivity contribution >= 4 is 15.7 Å². The number of nitrogens with zero attached hydrogens (tertiary/aromatic N) is 1. The summed E-state index contributed by atoms with van der Waals surface area (Å²) >= 11 is 0. The average Bonchev–Trinajstić information content (AvgIpc) is 2.90. The quantitative estimate of drug-likeness (QED) is 0.846. The lowest BCUT2D eigenvalue weighted by atomic mass is 10.1. The molecule has 1 heterocycles. The van der Waals surface area contributed by atoms with E-state index in [4.69, 9.17) is 10.5 Å². The smallest absolute Gasteiger partial charge is 0.245 e. The van der Waals surface area contributed by atoms with Crippen molar-refractivity contribution in [3.05, 3.63) is 23.3 Å². The van der Waals surface area contributed by atoms with Gasteiger partial charge in [0.05, 0.1) is 24.4 Å². The molecule has 3 rings (SSSR count). The molecule has 1 aromatic rings. The van der Waals surface area contributed by atoms with Crippen molar-refractivity contribution in [2.75, 3.05) is 18.9 Å². The van der Waals surface area contributed by atoms with Gasteiger partial charge in [0.25, 0.3) is 0 Å². The second-order valence-corrected chi connectivity index (χ2v) is 7.86. The van der Waals surface area contributed by atoms with Gasteiger partial charge in [-0.05, 0) is 56.4 Å². The van der Waals surface area contributed by atoms with Crippen LogP contribution in [-0.4, -0.2) is 38.0 Å². The Labute approximate surface area is 126 Å². The van der Waals surface area contributed by atoms with Crippen LogP contribution in [0.1, 0.15) is 30.4 Å². The minimum Gasteiger partial charge on any atom is -0.398 e.